The fourth-order valence-corrected chi connectivity index (χ4v) is 3.15. The quantitative estimate of drug-likeness (QED) is 0.800. The number of halogens is 2. The molecule has 2 atom stereocenters. The first kappa shape index (κ1) is 11.2. The minimum absolute atomic E-state index is 0.509. The van der Waals surface area contributed by atoms with Crippen molar-refractivity contribution < 1.29 is 0 Å². The molecule has 0 spiro atoms. The molecule has 0 amide bonds. The van der Waals surface area contributed by atoms with Crippen molar-refractivity contribution >= 4 is 33.3 Å². The van der Waals surface area contributed by atoms with Crippen LogP contribution in [0.1, 0.15) is 37.2 Å². The third kappa shape index (κ3) is 2.64. The highest BCUT2D eigenvalue weighted by atomic mass is 79.9. The lowest BCUT2D eigenvalue weighted by Gasteiger charge is -2.26. The van der Waals surface area contributed by atoms with Gasteiger partial charge in [0.05, 0.1) is 5.02 Å². The summed E-state index contributed by atoms with van der Waals surface area (Å²) in [5.41, 5.74) is 7.00. The molecule has 0 aromatic carbocycles. The van der Waals surface area contributed by atoms with Crippen LogP contribution in [0.4, 0.5) is 5.82 Å². The molecular formula is C11H14BrClN2. The van der Waals surface area contributed by atoms with Gasteiger partial charge in [-0.1, -0.05) is 34.0 Å². The molecule has 0 bridgehead atoms. The lowest BCUT2D eigenvalue weighted by atomic mass is 9.84. The molecule has 0 saturated heterocycles. The van der Waals surface area contributed by atoms with Gasteiger partial charge in [-0.25, -0.2) is 4.98 Å². The van der Waals surface area contributed by atoms with Gasteiger partial charge >= 0.3 is 0 Å². The fourth-order valence-electron chi connectivity index (χ4n) is 2.21. The molecule has 15 heavy (non-hydrogen) atoms. The van der Waals surface area contributed by atoms with Gasteiger partial charge in [-0.15, -0.1) is 0 Å². The number of anilines is 1. The molecule has 2 N–H and O–H groups in total. The van der Waals surface area contributed by atoms with Crippen LogP contribution in [0.3, 0.4) is 0 Å². The zero-order valence-corrected chi connectivity index (χ0v) is 10.8. The molecule has 1 fully saturated rings. The summed E-state index contributed by atoms with van der Waals surface area (Å²) in [6, 6.07) is 1.96. The summed E-state index contributed by atoms with van der Waals surface area (Å²) in [6.45, 7) is 0. The number of pyridine rings is 1. The third-order valence-electron chi connectivity index (χ3n) is 2.97. The average Bonchev–Trinajstić information content (AvgIpc) is 2.22. The number of nitrogens with two attached hydrogens (primary N) is 1. The number of nitrogen functional groups attached to an aromatic ring is 1. The second kappa shape index (κ2) is 4.71. The Kier molecular flexibility index (Phi) is 3.52. The van der Waals surface area contributed by atoms with Crippen LogP contribution in [-0.4, -0.2) is 9.81 Å². The van der Waals surface area contributed by atoms with Crippen LogP contribution >= 0.6 is 27.5 Å². The number of hydrogen-bond acceptors (Lipinski definition) is 2. The van der Waals surface area contributed by atoms with Crippen molar-refractivity contribution in [2.75, 3.05) is 5.73 Å². The van der Waals surface area contributed by atoms with E-state index in [9.17, 15) is 0 Å². The minimum Gasteiger partial charge on any atom is -0.383 e. The van der Waals surface area contributed by atoms with Crippen molar-refractivity contribution in [3.63, 3.8) is 0 Å². The van der Waals surface area contributed by atoms with Crippen LogP contribution in [0, 0.1) is 0 Å². The van der Waals surface area contributed by atoms with E-state index in [4.69, 9.17) is 17.3 Å². The van der Waals surface area contributed by atoms with Crippen molar-refractivity contribution in [3.8, 4) is 0 Å². The van der Waals surface area contributed by atoms with Crippen LogP contribution in [0.15, 0.2) is 12.3 Å². The lowest BCUT2D eigenvalue weighted by molar-refractivity contribution is 0.458. The first-order chi connectivity index (χ1) is 7.16. The fraction of sp³-hybridized carbons (Fsp3) is 0.545. The summed E-state index contributed by atoms with van der Waals surface area (Å²) < 4.78 is 0. The molecule has 2 nitrogen and oxygen atoms in total. The van der Waals surface area contributed by atoms with Crippen molar-refractivity contribution in [2.24, 2.45) is 0 Å². The molecule has 1 aliphatic carbocycles. The average molecular weight is 290 g/mol. The van der Waals surface area contributed by atoms with Crippen molar-refractivity contribution in [3.05, 3.63) is 22.8 Å². The molecule has 1 aromatic rings. The van der Waals surface area contributed by atoms with E-state index in [-0.39, 0.29) is 0 Å². The summed E-state index contributed by atoms with van der Waals surface area (Å²) >= 11 is 9.62. The molecule has 4 heteroatoms. The molecule has 2 unspecified atom stereocenters. The van der Waals surface area contributed by atoms with Gasteiger partial charge in [0.1, 0.15) is 5.82 Å². The largest absolute Gasteiger partial charge is 0.383 e. The second-order valence-electron chi connectivity index (χ2n) is 4.09. The van der Waals surface area contributed by atoms with Gasteiger partial charge in [0.25, 0.3) is 0 Å². The monoisotopic (exact) mass is 288 g/mol. The number of rotatable bonds is 1. The summed E-state index contributed by atoms with van der Waals surface area (Å²) in [5.74, 6) is 1.14. The Hall–Kier alpha value is -0.280. The maximum atomic E-state index is 5.94. The summed E-state index contributed by atoms with van der Waals surface area (Å²) in [7, 11) is 0. The predicted octanol–water partition coefficient (Wildman–Crippen LogP) is 3.74. The van der Waals surface area contributed by atoms with Gasteiger partial charge in [-0.3, -0.25) is 0 Å². The smallest absolute Gasteiger partial charge is 0.126 e. The van der Waals surface area contributed by atoms with E-state index in [2.05, 4.69) is 20.9 Å². The molecule has 1 aromatic heterocycles. The van der Waals surface area contributed by atoms with Crippen LogP contribution in [0.25, 0.3) is 0 Å². The zero-order chi connectivity index (χ0) is 10.8. The number of nitrogens with zero attached hydrogens (tertiary/aromatic N) is 1. The van der Waals surface area contributed by atoms with Crippen LogP contribution < -0.4 is 5.73 Å². The predicted molar refractivity (Wildman–Crippen MR) is 67.6 cm³/mol. The van der Waals surface area contributed by atoms with Gasteiger partial charge in [0.15, 0.2) is 0 Å². The van der Waals surface area contributed by atoms with E-state index in [1.165, 1.54) is 19.3 Å². The Labute approximate surface area is 103 Å². The van der Waals surface area contributed by atoms with Crippen LogP contribution in [0.5, 0.6) is 0 Å². The van der Waals surface area contributed by atoms with Gasteiger partial charge in [0.2, 0.25) is 0 Å². The minimum atomic E-state index is 0.509. The molecule has 1 aliphatic rings. The standard InChI is InChI=1S/C11H14BrClN2/c12-8-3-1-2-7(4-8)10-5-9(13)6-15-11(10)14/h5-8H,1-4H2,(H2,14,15). The van der Waals surface area contributed by atoms with Crippen molar-refractivity contribution in [1.82, 2.24) is 4.98 Å². The Morgan fingerprint density at radius 2 is 2.27 bits per heavy atom. The van der Waals surface area contributed by atoms with Gasteiger partial charge in [0, 0.05) is 11.0 Å². The molecule has 0 radical (unpaired) electrons. The summed E-state index contributed by atoms with van der Waals surface area (Å²) in [6.07, 6.45) is 6.42. The van der Waals surface area contributed by atoms with E-state index < -0.39 is 0 Å². The van der Waals surface area contributed by atoms with Gasteiger partial charge in [-0.05, 0) is 36.8 Å². The zero-order valence-electron chi connectivity index (χ0n) is 8.42. The van der Waals surface area contributed by atoms with Crippen LogP contribution in [-0.2, 0) is 0 Å². The Bertz CT molecular complexity index is 356. The molecule has 1 heterocycles. The third-order valence-corrected chi connectivity index (χ3v) is 4.00. The lowest BCUT2D eigenvalue weighted by Crippen LogP contribution is -2.15. The van der Waals surface area contributed by atoms with Gasteiger partial charge < -0.3 is 5.73 Å². The van der Waals surface area contributed by atoms with Crippen LogP contribution in [0.2, 0.25) is 5.02 Å². The molecular weight excluding hydrogens is 275 g/mol. The van der Waals surface area contributed by atoms with E-state index in [0.29, 0.717) is 21.6 Å². The Morgan fingerprint density at radius 1 is 1.47 bits per heavy atom. The summed E-state index contributed by atoms with van der Waals surface area (Å²) in [4.78, 5) is 4.72. The maximum absolute atomic E-state index is 5.94. The van der Waals surface area contributed by atoms with Gasteiger partial charge in [-0.2, -0.15) is 0 Å². The Morgan fingerprint density at radius 3 is 3.00 bits per heavy atom. The highest BCUT2D eigenvalue weighted by Gasteiger charge is 2.23. The Balaban J connectivity index is 2.24. The number of aromatic nitrogens is 1. The molecule has 1 saturated carbocycles. The molecule has 2 rings (SSSR count). The summed E-state index contributed by atoms with van der Waals surface area (Å²) in [5, 5.41) is 0.677. The SMILES string of the molecule is Nc1ncc(Cl)cc1C1CCCC(Br)C1. The van der Waals surface area contributed by atoms with E-state index >= 15 is 0 Å². The van der Waals surface area contributed by atoms with E-state index in [1.807, 2.05) is 6.07 Å². The maximum Gasteiger partial charge on any atom is 0.126 e. The number of hydrogen-bond donors (Lipinski definition) is 1. The van der Waals surface area contributed by atoms with E-state index in [0.717, 1.165) is 12.0 Å². The highest BCUT2D eigenvalue weighted by Crippen LogP contribution is 2.38. The first-order valence-corrected chi connectivity index (χ1v) is 6.51. The molecule has 0 aliphatic heterocycles. The normalized spacial score (nSPS) is 26.5. The number of alkyl halides is 1. The van der Waals surface area contributed by atoms with E-state index in [1.54, 1.807) is 6.20 Å². The topological polar surface area (TPSA) is 38.9 Å². The molecule has 82 valence electrons. The highest BCUT2D eigenvalue weighted by molar-refractivity contribution is 9.09. The second-order valence-corrected chi connectivity index (χ2v) is 5.82. The van der Waals surface area contributed by atoms with Crippen molar-refractivity contribution in [1.29, 1.82) is 0 Å². The first-order valence-electron chi connectivity index (χ1n) is 5.22. The van der Waals surface area contributed by atoms with Crippen molar-refractivity contribution in [2.45, 2.75) is 36.4 Å².